The second kappa shape index (κ2) is 3.93. The topological polar surface area (TPSA) is 39.7 Å². The van der Waals surface area contributed by atoms with Crippen LogP contribution < -0.4 is 5.32 Å². The first-order chi connectivity index (χ1) is 7.81. The first-order valence-corrected chi connectivity index (χ1v) is 5.53. The molecule has 0 aliphatic carbocycles. The van der Waals surface area contributed by atoms with Crippen molar-refractivity contribution in [3.63, 3.8) is 0 Å². The van der Waals surface area contributed by atoms with Crippen molar-refractivity contribution in [2.75, 3.05) is 20.3 Å². The smallest absolute Gasteiger partial charge is 0.496 e. The van der Waals surface area contributed by atoms with E-state index < -0.39 is 0 Å². The van der Waals surface area contributed by atoms with E-state index in [1.807, 2.05) is 6.08 Å². The van der Waals surface area contributed by atoms with E-state index in [0.29, 0.717) is 18.2 Å². The van der Waals surface area contributed by atoms with E-state index in [9.17, 15) is 0 Å². The molecule has 1 atom stereocenters. The molecule has 0 unspecified atom stereocenters. The van der Waals surface area contributed by atoms with E-state index in [-0.39, 0.29) is 13.3 Å². The number of nitrogens with one attached hydrogen (secondary N) is 1. The normalized spacial score (nSPS) is 28.1. The maximum Gasteiger partial charge on any atom is 0.496 e. The Kier molecular flexibility index (Phi) is 2.56. The van der Waals surface area contributed by atoms with Gasteiger partial charge in [0.25, 0.3) is 0 Å². The van der Waals surface area contributed by atoms with Crippen LogP contribution >= 0.6 is 11.6 Å². The number of likely N-dealkylation sites (N-methyl/N-ethyl adjacent to an activating group) is 1. The fraction of sp³-hybridized carbons (Fsp3) is 0.400. The molecule has 16 heavy (non-hydrogen) atoms. The zero-order valence-electron chi connectivity index (χ0n) is 8.83. The maximum absolute atomic E-state index is 6.28. The van der Waals surface area contributed by atoms with Crippen LogP contribution in [0, 0.1) is 0 Å². The number of allylic oxidation sites excluding steroid dienone is 3. The Morgan fingerprint density at radius 2 is 2.38 bits per heavy atom. The number of rotatable bonds is 1. The zero-order valence-corrected chi connectivity index (χ0v) is 9.58. The number of halogens is 1. The third kappa shape index (κ3) is 1.43. The third-order valence-corrected chi connectivity index (χ3v) is 3.32. The molecule has 0 aromatic carbocycles. The summed E-state index contributed by atoms with van der Waals surface area (Å²) in [4.78, 5) is 0. The summed E-state index contributed by atoms with van der Waals surface area (Å²) in [7, 11) is 1.48. The van der Waals surface area contributed by atoms with E-state index in [1.165, 1.54) is 0 Å². The molecular formula is C10H11BClNO3. The van der Waals surface area contributed by atoms with Gasteiger partial charge in [-0.1, -0.05) is 11.6 Å². The Morgan fingerprint density at radius 3 is 3.19 bits per heavy atom. The second-order valence-corrected chi connectivity index (χ2v) is 4.25. The van der Waals surface area contributed by atoms with E-state index in [1.54, 1.807) is 13.3 Å². The van der Waals surface area contributed by atoms with Crippen LogP contribution in [0.15, 0.2) is 34.0 Å². The molecule has 0 amide bonds. The summed E-state index contributed by atoms with van der Waals surface area (Å²) in [6.45, 7) is 1.09. The minimum Gasteiger partial charge on any atom is -0.497 e. The molecule has 4 nitrogen and oxygen atoms in total. The molecule has 0 spiro atoms. The number of hydrogen-bond donors (Lipinski definition) is 1. The Morgan fingerprint density at radius 1 is 1.50 bits per heavy atom. The summed E-state index contributed by atoms with van der Waals surface area (Å²) in [5.41, 5.74) is 3.10. The first-order valence-electron chi connectivity index (χ1n) is 5.15. The molecular weight excluding hydrogens is 228 g/mol. The average molecular weight is 239 g/mol. The van der Waals surface area contributed by atoms with Crippen molar-refractivity contribution in [2.45, 2.75) is 6.23 Å². The highest BCUT2D eigenvalue weighted by atomic mass is 35.5. The van der Waals surface area contributed by atoms with E-state index in [0.717, 1.165) is 16.6 Å². The summed E-state index contributed by atoms with van der Waals surface area (Å²) in [6.07, 6.45) is 3.23. The van der Waals surface area contributed by atoms with Crippen LogP contribution in [0.5, 0.6) is 0 Å². The van der Waals surface area contributed by atoms with Gasteiger partial charge in [-0.2, -0.15) is 0 Å². The molecule has 3 aliphatic rings. The van der Waals surface area contributed by atoms with E-state index in [4.69, 9.17) is 25.6 Å². The SMILES string of the molecule is CN[C@H]1OB2OCC3=C2C(=C1Cl)C=COC3. The van der Waals surface area contributed by atoms with E-state index in [2.05, 4.69) is 5.32 Å². The largest absolute Gasteiger partial charge is 0.497 e. The van der Waals surface area contributed by atoms with Gasteiger partial charge in [0.2, 0.25) is 0 Å². The molecule has 0 saturated carbocycles. The molecule has 1 N–H and O–H groups in total. The minimum absolute atomic E-state index is 0.312. The molecule has 0 bridgehead atoms. The van der Waals surface area contributed by atoms with E-state index >= 15 is 0 Å². The van der Waals surface area contributed by atoms with Crippen LogP contribution in [0.25, 0.3) is 0 Å². The average Bonchev–Trinajstić information content (AvgIpc) is 2.57. The van der Waals surface area contributed by atoms with Gasteiger partial charge in [0.05, 0.1) is 17.9 Å². The van der Waals surface area contributed by atoms with Gasteiger partial charge >= 0.3 is 7.12 Å². The molecule has 84 valence electrons. The van der Waals surface area contributed by atoms with Crippen LogP contribution in [0.4, 0.5) is 0 Å². The summed E-state index contributed by atoms with van der Waals surface area (Å²) in [5.74, 6) is 0. The predicted molar refractivity (Wildman–Crippen MR) is 60.6 cm³/mol. The van der Waals surface area contributed by atoms with Crippen LogP contribution in [0.2, 0.25) is 0 Å². The van der Waals surface area contributed by atoms with Crippen LogP contribution in [-0.2, 0) is 14.0 Å². The number of ether oxygens (including phenoxy) is 1. The lowest BCUT2D eigenvalue weighted by molar-refractivity contribution is 0.157. The van der Waals surface area contributed by atoms with Gasteiger partial charge in [0.1, 0.15) is 12.8 Å². The highest BCUT2D eigenvalue weighted by Gasteiger charge is 2.43. The Labute approximate surface area is 99.0 Å². The minimum atomic E-state index is -0.323. The van der Waals surface area contributed by atoms with Crippen molar-refractivity contribution in [3.8, 4) is 0 Å². The Bertz CT molecular complexity index is 418. The molecule has 0 fully saturated rings. The lowest BCUT2D eigenvalue weighted by Gasteiger charge is -2.27. The predicted octanol–water partition coefficient (Wildman–Crippen LogP) is 0.953. The summed E-state index contributed by atoms with van der Waals surface area (Å²) >= 11 is 6.28. The molecule has 0 aromatic heterocycles. The lowest BCUT2D eigenvalue weighted by atomic mass is 9.71. The molecule has 6 heteroatoms. The fourth-order valence-electron chi connectivity index (χ4n) is 2.13. The second-order valence-electron chi connectivity index (χ2n) is 3.84. The van der Waals surface area contributed by atoms with Gasteiger partial charge in [-0.15, -0.1) is 0 Å². The zero-order chi connectivity index (χ0) is 11.1. The Hall–Kier alpha value is -0.745. The first kappa shape index (κ1) is 10.4. The molecule has 3 heterocycles. The van der Waals surface area contributed by atoms with Gasteiger partial charge in [-0.25, -0.2) is 0 Å². The molecule has 3 rings (SSSR count). The third-order valence-electron chi connectivity index (χ3n) is 2.91. The van der Waals surface area contributed by atoms with Crippen molar-refractivity contribution in [2.24, 2.45) is 0 Å². The molecule has 3 aliphatic heterocycles. The summed E-state index contributed by atoms with van der Waals surface area (Å²) in [6, 6.07) is 0. The summed E-state index contributed by atoms with van der Waals surface area (Å²) < 4.78 is 16.6. The van der Waals surface area contributed by atoms with Crippen molar-refractivity contribution in [1.82, 2.24) is 5.32 Å². The maximum atomic E-state index is 6.28. The highest BCUT2D eigenvalue weighted by Crippen LogP contribution is 2.37. The van der Waals surface area contributed by atoms with Crippen molar-refractivity contribution in [1.29, 1.82) is 0 Å². The van der Waals surface area contributed by atoms with Gasteiger partial charge in [0, 0.05) is 0 Å². The van der Waals surface area contributed by atoms with Crippen LogP contribution in [0.3, 0.4) is 0 Å². The standard InChI is InChI=1S/C10H11BClNO3/c1-13-10-9(12)7-2-3-14-4-6-5-15-11(16-10)8(6)7/h2-3,10,13H,4-5H2,1H3/t10-/m0/s1. The monoisotopic (exact) mass is 239 g/mol. The van der Waals surface area contributed by atoms with Crippen LogP contribution in [-0.4, -0.2) is 33.6 Å². The summed E-state index contributed by atoms with van der Waals surface area (Å²) in [5, 5.41) is 3.65. The number of hydrogen-bond acceptors (Lipinski definition) is 4. The quantitative estimate of drug-likeness (QED) is 0.692. The van der Waals surface area contributed by atoms with Gasteiger partial charge in [0.15, 0.2) is 0 Å². The van der Waals surface area contributed by atoms with Gasteiger partial charge in [-0.3, -0.25) is 5.32 Å². The van der Waals surface area contributed by atoms with Gasteiger partial charge < -0.3 is 14.0 Å². The van der Waals surface area contributed by atoms with Crippen molar-refractivity contribution in [3.05, 3.63) is 34.0 Å². The fourth-order valence-corrected chi connectivity index (χ4v) is 2.46. The molecule has 0 aromatic rings. The lowest BCUT2D eigenvalue weighted by Crippen LogP contribution is -2.41. The highest BCUT2D eigenvalue weighted by molar-refractivity contribution is 6.58. The van der Waals surface area contributed by atoms with Crippen LogP contribution in [0.1, 0.15) is 0 Å². The molecule has 0 radical (unpaired) electrons. The van der Waals surface area contributed by atoms with Gasteiger partial charge in [-0.05, 0) is 29.7 Å². The Balaban J connectivity index is 2.13. The molecule has 0 saturated heterocycles. The van der Waals surface area contributed by atoms with Crippen molar-refractivity contribution < 1.29 is 14.0 Å². The van der Waals surface area contributed by atoms with Crippen molar-refractivity contribution >= 4 is 18.7 Å².